The normalized spacial score (nSPS) is 11.2. The highest BCUT2D eigenvalue weighted by Gasteiger charge is 2.21. The Morgan fingerprint density at radius 3 is 2.50 bits per heavy atom. The summed E-state index contributed by atoms with van der Waals surface area (Å²) < 4.78 is 0. The maximum absolute atomic E-state index is 10.5. The molecule has 0 fully saturated rings. The van der Waals surface area contributed by atoms with Gasteiger partial charge in [-0.15, -0.1) is 0 Å². The number of nitrogens with one attached hydrogen (secondary N) is 1. The molecule has 0 heterocycles. The molecule has 1 atom stereocenters. The van der Waals surface area contributed by atoms with Crippen molar-refractivity contribution >= 4 is 11.9 Å². The standard InChI is InChI=1S/C5H7N3O2/c1-3(4(9)7-2)8-5(6)10/h2-3H,1H3,(H2-,6,8,10)/p+1/t3-/m0/s1. The molecule has 0 rings (SSSR count). The molecule has 0 radical (unpaired) electrons. The van der Waals surface area contributed by atoms with Crippen molar-refractivity contribution in [3.8, 4) is 6.57 Å². The number of urea groups is 1. The van der Waals surface area contributed by atoms with Crippen LogP contribution < -0.4 is 11.1 Å². The van der Waals surface area contributed by atoms with Crippen molar-refractivity contribution in [3.05, 3.63) is 4.85 Å². The molecule has 0 aliphatic heterocycles. The third-order valence-corrected chi connectivity index (χ3v) is 0.856. The van der Waals surface area contributed by atoms with Crippen molar-refractivity contribution in [3.63, 3.8) is 0 Å². The van der Waals surface area contributed by atoms with Gasteiger partial charge in [-0.2, -0.15) is 4.79 Å². The Labute approximate surface area is 58.0 Å². The van der Waals surface area contributed by atoms with Crippen molar-refractivity contribution in [2.75, 3.05) is 0 Å². The van der Waals surface area contributed by atoms with Crippen LogP contribution in [0.4, 0.5) is 4.79 Å². The lowest BCUT2D eigenvalue weighted by Crippen LogP contribution is -2.40. The Morgan fingerprint density at radius 2 is 2.20 bits per heavy atom. The third-order valence-electron chi connectivity index (χ3n) is 0.856. The summed E-state index contributed by atoms with van der Waals surface area (Å²) in [4.78, 5) is 23.4. The van der Waals surface area contributed by atoms with Crippen molar-refractivity contribution in [2.45, 2.75) is 13.0 Å². The number of carbonyl (C=O) groups excluding carboxylic acids is 2. The van der Waals surface area contributed by atoms with E-state index in [4.69, 9.17) is 5.73 Å². The molecular weight excluding hydrogens is 134 g/mol. The van der Waals surface area contributed by atoms with Gasteiger partial charge >= 0.3 is 11.9 Å². The topological polar surface area (TPSA) is 76.6 Å². The molecule has 0 spiro atoms. The van der Waals surface area contributed by atoms with Gasteiger partial charge in [-0.1, -0.05) is 0 Å². The first-order valence-corrected chi connectivity index (χ1v) is 2.58. The monoisotopic (exact) mass is 142 g/mol. The molecule has 54 valence electrons. The molecule has 0 saturated heterocycles. The number of rotatable bonds is 2. The van der Waals surface area contributed by atoms with E-state index in [1.54, 1.807) is 0 Å². The molecule has 0 aromatic rings. The summed E-state index contributed by atoms with van der Waals surface area (Å²) in [7, 11) is 0. The summed E-state index contributed by atoms with van der Waals surface area (Å²) in [6.45, 7) is 6.07. The molecule has 0 aliphatic carbocycles. The fourth-order valence-corrected chi connectivity index (χ4v) is 0.387. The Balaban J connectivity index is 3.88. The molecule has 0 aromatic heterocycles. The summed E-state index contributed by atoms with van der Waals surface area (Å²) in [6.07, 6.45) is 0. The molecule has 10 heavy (non-hydrogen) atoms. The first kappa shape index (κ1) is 8.43. The highest BCUT2D eigenvalue weighted by molar-refractivity contribution is 5.93. The van der Waals surface area contributed by atoms with Crippen LogP contribution in [0.1, 0.15) is 6.92 Å². The van der Waals surface area contributed by atoms with Gasteiger partial charge in [-0.3, -0.25) is 0 Å². The van der Waals surface area contributed by atoms with Gasteiger partial charge < -0.3 is 11.1 Å². The van der Waals surface area contributed by atoms with Gasteiger partial charge in [0.15, 0.2) is 6.04 Å². The minimum Gasteiger partial charge on any atom is -0.352 e. The Kier molecular flexibility index (Phi) is 2.91. The number of primary amides is 1. The zero-order chi connectivity index (χ0) is 8.15. The summed E-state index contributed by atoms with van der Waals surface area (Å²) in [5, 5.41) is 2.11. The molecule has 3 N–H and O–H groups in total. The first-order chi connectivity index (χ1) is 4.57. The maximum atomic E-state index is 10.5. The quantitative estimate of drug-likeness (QED) is 0.547. The van der Waals surface area contributed by atoms with Crippen LogP contribution in [0, 0.1) is 6.57 Å². The summed E-state index contributed by atoms with van der Waals surface area (Å²) in [5.74, 6) is -0.612. The second-order valence-corrected chi connectivity index (χ2v) is 1.70. The van der Waals surface area contributed by atoms with Gasteiger partial charge in [0.05, 0.1) is 0 Å². The first-order valence-electron chi connectivity index (χ1n) is 2.58. The molecule has 0 unspecified atom stereocenters. The van der Waals surface area contributed by atoms with Gasteiger partial charge in [-0.05, 0) is 6.92 Å². The van der Waals surface area contributed by atoms with Gasteiger partial charge in [0.25, 0.3) is 6.57 Å². The van der Waals surface area contributed by atoms with E-state index in [0.717, 1.165) is 0 Å². The SMILES string of the molecule is C#[N+]C(=O)[C@H](C)NC(N)=O. The molecule has 5 heteroatoms. The van der Waals surface area contributed by atoms with Crippen LogP contribution in [0.5, 0.6) is 0 Å². The lowest BCUT2D eigenvalue weighted by atomic mass is 10.3. The van der Waals surface area contributed by atoms with Crippen LogP contribution in [-0.4, -0.2) is 18.0 Å². The number of amides is 3. The van der Waals surface area contributed by atoms with Crippen LogP contribution in [0.15, 0.2) is 0 Å². The fourth-order valence-electron chi connectivity index (χ4n) is 0.387. The molecule has 0 saturated carbocycles. The maximum Gasteiger partial charge on any atom is 0.536 e. The minimum absolute atomic E-state index is 0.612. The van der Waals surface area contributed by atoms with Crippen LogP contribution in [0.25, 0.3) is 4.85 Å². The number of hydrogen-bond acceptors (Lipinski definition) is 2. The predicted octanol–water partition coefficient (Wildman–Crippen LogP) is -0.468. The second-order valence-electron chi connectivity index (χ2n) is 1.70. The van der Waals surface area contributed by atoms with Gasteiger partial charge in [0, 0.05) is 4.85 Å². The molecule has 5 nitrogen and oxygen atoms in total. The predicted molar refractivity (Wildman–Crippen MR) is 35.5 cm³/mol. The Morgan fingerprint density at radius 1 is 1.70 bits per heavy atom. The van der Waals surface area contributed by atoms with Crippen LogP contribution in [0.2, 0.25) is 0 Å². The fraction of sp³-hybridized carbons (Fsp3) is 0.400. The minimum atomic E-state index is -0.774. The van der Waals surface area contributed by atoms with E-state index in [1.807, 2.05) is 0 Å². The van der Waals surface area contributed by atoms with Crippen LogP contribution in [0.3, 0.4) is 0 Å². The smallest absolute Gasteiger partial charge is 0.352 e. The molecule has 0 aliphatic rings. The van der Waals surface area contributed by atoms with E-state index >= 15 is 0 Å². The zero-order valence-electron chi connectivity index (χ0n) is 5.50. The van der Waals surface area contributed by atoms with Gasteiger partial charge in [0.1, 0.15) is 0 Å². The van der Waals surface area contributed by atoms with E-state index in [2.05, 4.69) is 16.7 Å². The number of nitrogens with zero attached hydrogens (tertiary/aromatic N) is 1. The van der Waals surface area contributed by atoms with Crippen molar-refractivity contribution in [2.24, 2.45) is 5.73 Å². The molecule has 3 amide bonds. The Bertz CT molecular complexity index is 194. The number of nitrogens with two attached hydrogens (primary N) is 1. The van der Waals surface area contributed by atoms with Crippen molar-refractivity contribution in [1.29, 1.82) is 0 Å². The average molecular weight is 142 g/mol. The van der Waals surface area contributed by atoms with E-state index in [9.17, 15) is 9.59 Å². The third kappa shape index (κ3) is 2.67. The second kappa shape index (κ2) is 3.45. The molecule has 0 aromatic carbocycles. The van der Waals surface area contributed by atoms with Crippen molar-refractivity contribution < 1.29 is 9.59 Å². The Hall–Kier alpha value is -1.57. The van der Waals surface area contributed by atoms with E-state index in [0.29, 0.717) is 0 Å². The van der Waals surface area contributed by atoms with Crippen molar-refractivity contribution in [1.82, 2.24) is 5.32 Å². The van der Waals surface area contributed by atoms with E-state index in [-0.39, 0.29) is 0 Å². The largest absolute Gasteiger partial charge is 0.536 e. The highest BCUT2D eigenvalue weighted by atomic mass is 16.2. The zero-order valence-corrected chi connectivity index (χ0v) is 5.50. The number of carbonyl (C=O) groups is 2. The highest BCUT2D eigenvalue weighted by Crippen LogP contribution is 1.83. The van der Waals surface area contributed by atoms with Gasteiger partial charge in [-0.25, -0.2) is 4.79 Å². The van der Waals surface area contributed by atoms with Crippen LogP contribution in [-0.2, 0) is 4.79 Å². The average Bonchev–Trinajstić information content (AvgIpc) is 1.85. The summed E-state index contributed by atoms with van der Waals surface area (Å²) in [5.41, 5.74) is 4.70. The molecule has 0 bridgehead atoms. The van der Waals surface area contributed by atoms with E-state index < -0.39 is 18.0 Å². The van der Waals surface area contributed by atoms with Crippen LogP contribution >= 0.6 is 0 Å². The summed E-state index contributed by atoms with van der Waals surface area (Å²) >= 11 is 0. The lowest BCUT2D eigenvalue weighted by molar-refractivity contribution is -0.116. The summed E-state index contributed by atoms with van der Waals surface area (Å²) in [6, 6.07) is -1.52. The van der Waals surface area contributed by atoms with Gasteiger partial charge in [0.2, 0.25) is 0 Å². The molecular formula is C5H8N3O2+. The van der Waals surface area contributed by atoms with E-state index in [1.165, 1.54) is 6.92 Å². The number of hydrogen-bond donors (Lipinski definition) is 2. The lowest BCUT2D eigenvalue weighted by Gasteiger charge is -1.98.